The quantitative estimate of drug-likeness (QED) is 0.0244. The van der Waals surface area contributed by atoms with Gasteiger partial charge in [0.05, 0.1) is 76.8 Å². The van der Waals surface area contributed by atoms with Gasteiger partial charge in [-0.2, -0.15) is 0 Å². The lowest BCUT2D eigenvalue weighted by molar-refractivity contribution is 0.177. The second-order valence-electron chi connectivity index (χ2n) is 35.9. The van der Waals surface area contributed by atoms with Crippen molar-refractivity contribution in [1.29, 1.82) is 5.41 Å². The van der Waals surface area contributed by atoms with Crippen LogP contribution in [0.4, 0.5) is 29.1 Å². The van der Waals surface area contributed by atoms with Gasteiger partial charge in [-0.25, -0.2) is 47.8 Å². The van der Waals surface area contributed by atoms with Crippen molar-refractivity contribution in [3.63, 3.8) is 0 Å². The Hall–Kier alpha value is -7.85. The summed E-state index contributed by atoms with van der Waals surface area (Å²) in [6.07, 6.45) is 29.7. The van der Waals surface area contributed by atoms with Crippen LogP contribution in [0.1, 0.15) is 161 Å². The Kier molecular flexibility index (Phi) is 29.0. The number of benzene rings is 3. The van der Waals surface area contributed by atoms with Gasteiger partial charge in [0, 0.05) is 123 Å². The van der Waals surface area contributed by atoms with Gasteiger partial charge in [-0.3, -0.25) is 23.0 Å². The van der Waals surface area contributed by atoms with E-state index in [1.807, 2.05) is 121 Å². The van der Waals surface area contributed by atoms with E-state index in [1.54, 1.807) is 48.2 Å². The molecule has 33 heteroatoms. The second kappa shape index (κ2) is 39.1. The van der Waals surface area contributed by atoms with Gasteiger partial charge < -0.3 is 37.6 Å². The fraction of sp³-hybridized carbons (Fsp3) is 0.358. The van der Waals surface area contributed by atoms with E-state index in [9.17, 15) is 8.42 Å². The SMILES string of the molecule is CC(/C=C/Cl)=C(\Br)C(=N)N.Cc1cc(Cl)n2ccnc2c1Br.Cc1cc(N2CCC3(CC2)Cc2ccccc2[C@H]3N)n2ccnc2c1Sc1ccnc(N)c1Cl.Cc1cc(N2CCC3(CC2)Cc2ccccc2[C@H]3N[S@](=O)C(C)(C)C)n2ccnc2c1Br.Cc1cc(N2CCC3(CC2)Cc2ccccc2[C@H]3N[S@](=O)C(C)(C)C)n2ccnc2c1Sc1ccnc(N)c1Cl. The molecule has 3 saturated heterocycles. The van der Waals surface area contributed by atoms with Crippen molar-refractivity contribution in [2.24, 2.45) is 27.7 Å². The van der Waals surface area contributed by atoms with Crippen LogP contribution >= 0.6 is 118 Å². The van der Waals surface area contributed by atoms with Crippen LogP contribution in [0.5, 0.6) is 0 Å². The molecule has 0 amide bonds. The zero-order valence-electron chi connectivity index (χ0n) is 73.4. The minimum absolute atomic E-state index is 0.00673. The molecule has 0 unspecified atom stereocenters. The molecular formula is C95H107Br3Cl4N20O2S4. The van der Waals surface area contributed by atoms with E-state index < -0.39 is 22.0 Å². The number of pyridine rings is 6. The summed E-state index contributed by atoms with van der Waals surface area (Å²) in [5.41, 5.74) is 42.8. The number of imidazole rings is 4. The first-order valence-electron chi connectivity index (χ1n) is 42.6. The molecule has 3 aliphatic heterocycles. The Labute approximate surface area is 807 Å². The third kappa shape index (κ3) is 19.4. The van der Waals surface area contributed by atoms with Crippen LogP contribution in [-0.4, -0.2) is 111 Å². The highest BCUT2D eigenvalue weighted by atomic mass is 79.9. The number of hydrogen-bond acceptors (Lipinski definition) is 17. The molecule has 19 rings (SSSR count). The predicted octanol–water partition coefficient (Wildman–Crippen LogP) is 22.4. The van der Waals surface area contributed by atoms with Gasteiger partial charge in [-0.1, -0.05) is 143 Å². The van der Waals surface area contributed by atoms with E-state index in [-0.39, 0.29) is 49.7 Å². The molecule has 0 saturated carbocycles. The van der Waals surface area contributed by atoms with E-state index in [1.165, 1.54) is 56.1 Å². The minimum atomic E-state index is -1.15. The summed E-state index contributed by atoms with van der Waals surface area (Å²) in [5.74, 6) is 4.20. The minimum Gasteiger partial charge on any atom is -0.383 e. The van der Waals surface area contributed by atoms with E-state index in [2.05, 4.69) is 217 Å². The first-order chi connectivity index (χ1) is 61.0. The number of nitrogen functional groups attached to an aromatic ring is 2. The molecule has 3 aliphatic carbocycles. The third-order valence-corrected chi connectivity index (χ3v) is 35.8. The van der Waals surface area contributed by atoms with Crippen LogP contribution in [0.25, 0.3) is 22.6 Å². The van der Waals surface area contributed by atoms with Crippen LogP contribution in [0.3, 0.4) is 0 Å². The van der Waals surface area contributed by atoms with E-state index in [0.717, 1.165) is 176 Å². The summed E-state index contributed by atoms with van der Waals surface area (Å²) in [4.78, 5) is 37.6. The monoisotopic (exact) mass is 2060 g/mol. The summed E-state index contributed by atoms with van der Waals surface area (Å²) >= 11 is 37.6. The van der Waals surface area contributed by atoms with Gasteiger partial charge in [0.2, 0.25) is 0 Å². The van der Waals surface area contributed by atoms with Crippen LogP contribution in [0.15, 0.2) is 221 Å². The lowest BCUT2D eigenvalue weighted by Crippen LogP contribution is -2.48. The van der Waals surface area contributed by atoms with E-state index >= 15 is 0 Å². The zero-order valence-corrected chi connectivity index (χ0v) is 84.4. The maximum absolute atomic E-state index is 13.3. The summed E-state index contributed by atoms with van der Waals surface area (Å²) in [6, 6.07) is 38.9. The number of aryl methyl sites for hydroxylation is 4. The number of amidine groups is 1. The number of anilines is 5. The molecule has 672 valence electrons. The van der Waals surface area contributed by atoms with Gasteiger partial charge in [0.15, 0.2) is 22.6 Å². The van der Waals surface area contributed by atoms with Gasteiger partial charge in [0.25, 0.3) is 0 Å². The van der Waals surface area contributed by atoms with Crippen molar-refractivity contribution in [1.82, 2.24) is 57.0 Å². The van der Waals surface area contributed by atoms with Crippen molar-refractivity contribution >= 4 is 197 Å². The molecule has 128 heavy (non-hydrogen) atoms. The zero-order chi connectivity index (χ0) is 91.2. The molecule has 13 aromatic rings. The molecule has 3 spiro atoms. The average Bonchev–Trinajstić information content (AvgIpc) is 1.58. The third-order valence-electron chi connectivity index (χ3n) is 25.6. The summed E-state index contributed by atoms with van der Waals surface area (Å²) in [6.45, 7) is 28.1. The normalized spacial score (nSPS) is 18.5. The maximum atomic E-state index is 13.3. The summed E-state index contributed by atoms with van der Waals surface area (Å²) < 4.78 is 43.9. The fourth-order valence-electron chi connectivity index (χ4n) is 18.5. The van der Waals surface area contributed by atoms with Crippen LogP contribution < -0.4 is 47.1 Å². The number of fused-ring (bicyclic) bond motifs is 7. The molecule has 3 fully saturated rings. The Morgan fingerprint density at radius 1 is 0.508 bits per heavy atom. The van der Waals surface area contributed by atoms with Crippen LogP contribution in [-0.2, 0) is 41.2 Å². The average molecular weight is 2070 g/mol. The Bertz CT molecular complexity index is 6460. The Morgan fingerprint density at radius 3 is 1.25 bits per heavy atom. The highest BCUT2D eigenvalue weighted by Gasteiger charge is 2.52. The second-order valence-corrected chi connectivity index (χ2v) is 45.8. The molecule has 6 aliphatic rings. The lowest BCUT2D eigenvalue weighted by atomic mass is 9.73. The summed E-state index contributed by atoms with van der Waals surface area (Å²) in [7, 11) is -2.25. The number of halogens is 7. The molecule has 0 bridgehead atoms. The largest absolute Gasteiger partial charge is 0.383 e. The van der Waals surface area contributed by atoms with Gasteiger partial charge in [0.1, 0.15) is 40.1 Å². The molecule has 11 N–H and O–H groups in total. The van der Waals surface area contributed by atoms with Crippen molar-refractivity contribution < 1.29 is 8.42 Å². The van der Waals surface area contributed by atoms with Gasteiger partial charge in [-0.15, -0.1) is 0 Å². The predicted molar refractivity (Wildman–Crippen MR) is 541 cm³/mol. The number of piperidine rings is 3. The number of nitrogens with one attached hydrogen (secondary N) is 3. The first-order valence-corrected chi connectivity index (χ1v) is 50.5. The lowest BCUT2D eigenvalue weighted by Gasteiger charge is -2.44. The Morgan fingerprint density at radius 2 is 0.852 bits per heavy atom. The summed E-state index contributed by atoms with van der Waals surface area (Å²) in [5, 5.41) is 8.64. The van der Waals surface area contributed by atoms with Gasteiger partial charge >= 0.3 is 0 Å². The number of rotatable bonds is 13. The highest BCUT2D eigenvalue weighted by Crippen LogP contribution is 2.57. The number of allylic oxidation sites excluding steroid dienone is 2. The van der Waals surface area contributed by atoms with Crippen molar-refractivity contribution in [2.75, 3.05) is 65.4 Å². The number of nitrogens with two attached hydrogens (primary N) is 4. The van der Waals surface area contributed by atoms with Crippen molar-refractivity contribution in [2.45, 2.75) is 181 Å². The number of hydrogen-bond donors (Lipinski definition) is 7. The fourth-order valence-corrected chi connectivity index (χ4v) is 24.3. The maximum Gasteiger partial charge on any atom is 0.152 e. The molecule has 3 aromatic carbocycles. The topological polar surface area (TPSA) is 291 Å². The van der Waals surface area contributed by atoms with E-state index in [0.29, 0.717) is 31.3 Å². The van der Waals surface area contributed by atoms with Crippen molar-refractivity contribution in [3.05, 3.63) is 273 Å². The first kappa shape index (κ1) is 94.8. The van der Waals surface area contributed by atoms with E-state index in [4.69, 9.17) is 84.7 Å². The van der Waals surface area contributed by atoms with Crippen LogP contribution in [0.2, 0.25) is 15.2 Å². The molecule has 13 heterocycles. The van der Waals surface area contributed by atoms with Gasteiger partial charge in [-0.05, 0) is 302 Å². The standard InChI is InChI=1S/C30H35ClN6OS2.C26H27ClN6S.C25H31BrN4OS.C8H6BrClN2.C6H8BrClN2/c1-19-17-23(37-16-13-34-28(37)25(19)39-22-9-12-33-27(32)24(22)31)36-14-10-30(11-15-36)18-20-7-5-6-8-21(20)26(30)35-40(38)29(2,3)4;1-16-14-20(32-11-7-26(8-12-32)15-17-4-2-3-5-18(17)23(26)28)33-13-10-31-25(33)22(16)34-19-6-9-30-24(29)21(19)27;1-17-15-20(30-14-11-27-23(30)21(17)26)29-12-9-25(10-13-29)16-18-7-5-6-8-19(18)22(25)28-32(31)24(2,3)4;1-5-4-6(10)12-3-2-11-8(12)7(5)9;1-4(2-3-8)5(7)6(9)10/h5-9,12-13,16-17,26,35H,10-11,14-15,18H2,1-4H3,(H2,32,33);2-6,9-10,13-14,23H,7-8,11-12,15,28H2,1H3,(H2,29,30);5-8,11,14-15,22,28H,9-10,12-13,16H2,1-4H3;2-4H,1H3;2-3H,1H3,(H3,9,10)/b;;;;3-2+,5-4+/t26-,40-;23-;22-,32-;;/m111../s1. The Balaban J connectivity index is 0.000000132. The number of aromatic nitrogens is 10. The van der Waals surface area contributed by atoms with Crippen LogP contribution in [0, 0.1) is 49.3 Å². The molecule has 22 nitrogen and oxygen atoms in total. The molecule has 10 aromatic heterocycles. The smallest absolute Gasteiger partial charge is 0.152 e. The molecule has 5 atom stereocenters. The molecular weight excluding hydrogens is 1960 g/mol. The molecule has 0 radical (unpaired) electrons. The highest BCUT2D eigenvalue weighted by molar-refractivity contribution is 9.12. The number of nitrogens with zero attached hydrogens (tertiary/aromatic N) is 13. The van der Waals surface area contributed by atoms with Crippen molar-refractivity contribution in [3.8, 4) is 0 Å².